The number of ether oxygens (including phenoxy) is 2. The number of aromatic nitrogens is 1. The second-order valence-electron chi connectivity index (χ2n) is 9.41. The minimum absolute atomic E-state index is 0.230. The van der Waals surface area contributed by atoms with Crippen LogP contribution < -0.4 is 15.0 Å². The lowest BCUT2D eigenvalue weighted by atomic mass is 9.79. The van der Waals surface area contributed by atoms with Crippen molar-refractivity contribution in [1.82, 2.24) is 10.3 Å². The van der Waals surface area contributed by atoms with Crippen LogP contribution in [0.1, 0.15) is 45.2 Å². The van der Waals surface area contributed by atoms with Gasteiger partial charge in [0.25, 0.3) is 5.91 Å². The van der Waals surface area contributed by atoms with Crippen LogP contribution in [-0.2, 0) is 36.3 Å². The number of pyridine rings is 1. The number of nitriles is 1. The smallest absolute Gasteiger partial charge is 0.251 e. The summed E-state index contributed by atoms with van der Waals surface area (Å²) in [6, 6.07) is 14.6. The number of methoxy groups -OCH3 is 1. The van der Waals surface area contributed by atoms with Gasteiger partial charge in [0, 0.05) is 42.2 Å². The van der Waals surface area contributed by atoms with Crippen LogP contribution >= 0.6 is 0 Å². The molecule has 0 radical (unpaired) electrons. The fourth-order valence-corrected chi connectivity index (χ4v) is 4.95. The number of fused-ring (bicyclic) bond motifs is 2. The predicted octanol–water partition coefficient (Wildman–Crippen LogP) is 4.03. The Morgan fingerprint density at radius 3 is 2.94 bits per heavy atom. The Morgan fingerprint density at radius 2 is 2.14 bits per heavy atom. The molecule has 2 aliphatic heterocycles. The summed E-state index contributed by atoms with van der Waals surface area (Å²) in [4.78, 5) is 19.5. The first kappa shape index (κ1) is 23.8. The Bertz CT molecular complexity index is 1370. The molecule has 0 bridgehead atoms. The Labute approximate surface area is 209 Å². The van der Waals surface area contributed by atoms with Gasteiger partial charge in [-0.2, -0.15) is 5.26 Å². The average molecular weight is 487 g/mol. The third-order valence-corrected chi connectivity index (χ3v) is 6.94. The molecule has 0 fully saturated rings. The molecule has 1 aromatic heterocycles. The van der Waals surface area contributed by atoms with Gasteiger partial charge in [-0.1, -0.05) is 6.07 Å². The van der Waals surface area contributed by atoms with Gasteiger partial charge in [-0.3, -0.25) is 9.78 Å². The largest absolute Gasteiger partial charge is 0.496 e. The number of amides is 1. The summed E-state index contributed by atoms with van der Waals surface area (Å²) >= 11 is 0. The first-order chi connectivity index (χ1) is 17.4. The van der Waals surface area contributed by atoms with Crippen LogP contribution in [0.3, 0.4) is 0 Å². The third kappa shape index (κ3) is 4.50. The fraction of sp³-hybridized carbons (Fsp3) is 0.321. The average Bonchev–Trinajstić information content (AvgIpc) is 2.91. The maximum Gasteiger partial charge on any atom is 0.251 e. The number of hydrogen-bond donors (Lipinski definition) is 1. The number of anilines is 1. The van der Waals surface area contributed by atoms with Crippen LogP contribution in [0, 0.1) is 17.1 Å². The van der Waals surface area contributed by atoms with Crippen molar-refractivity contribution in [1.29, 1.82) is 5.26 Å². The molecular weight excluding hydrogens is 459 g/mol. The van der Waals surface area contributed by atoms with E-state index in [1.165, 1.54) is 6.07 Å². The Morgan fingerprint density at radius 1 is 1.28 bits per heavy atom. The van der Waals surface area contributed by atoms with Crippen molar-refractivity contribution in [3.8, 4) is 11.8 Å². The maximum atomic E-state index is 14.0. The van der Waals surface area contributed by atoms with Gasteiger partial charge in [-0.25, -0.2) is 4.39 Å². The van der Waals surface area contributed by atoms with Gasteiger partial charge < -0.3 is 19.7 Å². The van der Waals surface area contributed by atoms with Crippen LogP contribution in [0.4, 0.5) is 10.1 Å². The second kappa shape index (κ2) is 9.59. The van der Waals surface area contributed by atoms with Crippen molar-refractivity contribution in [3.05, 3.63) is 88.0 Å². The predicted molar refractivity (Wildman–Crippen MR) is 132 cm³/mol. The lowest BCUT2D eigenvalue weighted by Gasteiger charge is -2.31. The molecule has 184 valence electrons. The third-order valence-electron chi connectivity index (χ3n) is 6.94. The van der Waals surface area contributed by atoms with Crippen LogP contribution in [0.5, 0.6) is 5.75 Å². The first-order valence-electron chi connectivity index (χ1n) is 11.9. The van der Waals surface area contributed by atoms with E-state index in [0.29, 0.717) is 31.1 Å². The number of hydrogen-bond acceptors (Lipinski definition) is 6. The monoisotopic (exact) mass is 486 g/mol. The highest BCUT2D eigenvalue weighted by Gasteiger charge is 2.33. The standard InChI is InChI=1S/C28H27FN4O3/c1-28(16-30)17-36-15-19-4-3-18(10-25(19)28)27(34)32-13-22-12-23(5-7-31-22)33-8-6-24-20(14-33)9-21(29)11-26(24)35-2/h3-5,7,9-12H,6,8,13-15,17H2,1-2H3,(H,32,34)/t28-/m1/s1. The van der Waals surface area contributed by atoms with Crippen molar-refractivity contribution < 1.29 is 18.7 Å². The van der Waals surface area contributed by atoms with Gasteiger partial charge in [0.05, 0.1) is 38.6 Å². The van der Waals surface area contributed by atoms with E-state index in [9.17, 15) is 14.4 Å². The highest BCUT2D eigenvalue weighted by molar-refractivity contribution is 5.94. The molecular formula is C28H27FN4O3. The van der Waals surface area contributed by atoms with Crippen LogP contribution in [0.2, 0.25) is 0 Å². The molecule has 3 heterocycles. The molecule has 2 aliphatic rings. The van der Waals surface area contributed by atoms with Gasteiger partial charge in [-0.05, 0) is 60.4 Å². The van der Waals surface area contributed by atoms with Gasteiger partial charge >= 0.3 is 0 Å². The highest BCUT2D eigenvalue weighted by atomic mass is 19.1. The van der Waals surface area contributed by atoms with Crippen LogP contribution in [0.15, 0.2) is 48.7 Å². The summed E-state index contributed by atoms with van der Waals surface area (Å²) in [5.74, 6) is 0.0502. The molecule has 2 aromatic carbocycles. The fourth-order valence-electron chi connectivity index (χ4n) is 4.95. The minimum Gasteiger partial charge on any atom is -0.496 e. The van der Waals surface area contributed by atoms with Crippen LogP contribution in [0.25, 0.3) is 0 Å². The summed E-state index contributed by atoms with van der Waals surface area (Å²) < 4.78 is 24.9. The minimum atomic E-state index is -0.778. The number of rotatable bonds is 5. The van der Waals surface area contributed by atoms with Gasteiger partial charge in [-0.15, -0.1) is 0 Å². The van der Waals surface area contributed by atoms with E-state index >= 15 is 0 Å². The van der Waals surface area contributed by atoms with E-state index in [4.69, 9.17) is 9.47 Å². The molecule has 0 saturated heterocycles. The zero-order chi connectivity index (χ0) is 25.3. The van der Waals surface area contributed by atoms with Crippen molar-refractivity contribution in [2.24, 2.45) is 0 Å². The van der Waals surface area contributed by atoms with E-state index < -0.39 is 5.41 Å². The lowest BCUT2D eigenvalue weighted by molar-refractivity contribution is 0.0757. The molecule has 8 heteroatoms. The summed E-state index contributed by atoms with van der Waals surface area (Å²) in [5, 5.41) is 12.6. The van der Waals surface area contributed by atoms with E-state index in [-0.39, 0.29) is 18.3 Å². The Balaban J connectivity index is 1.28. The second-order valence-corrected chi connectivity index (χ2v) is 9.41. The molecule has 0 aliphatic carbocycles. The number of carbonyl (C=O) groups excluding carboxylic acids is 1. The molecule has 1 N–H and O–H groups in total. The topological polar surface area (TPSA) is 87.5 Å². The quantitative estimate of drug-likeness (QED) is 0.586. The Hall–Kier alpha value is -3.96. The number of benzene rings is 2. The first-order valence-corrected chi connectivity index (χ1v) is 11.9. The molecule has 0 spiro atoms. The number of nitrogens with one attached hydrogen (secondary N) is 1. The lowest BCUT2D eigenvalue weighted by Crippen LogP contribution is -2.33. The molecule has 3 aromatic rings. The van der Waals surface area contributed by atoms with Gasteiger partial charge in [0.2, 0.25) is 0 Å². The van der Waals surface area contributed by atoms with E-state index in [1.54, 1.807) is 31.5 Å². The zero-order valence-electron chi connectivity index (χ0n) is 20.3. The van der Waals surface area contributed by atoms with Crippen molar-refractivity contribution >= 4 is 11.6 Å². The van der Waals surface area contributed by atoms with Gasteiger partial charge in [0.15, 0.2) is 0 Å². The summed E-state index contributed by atoms with van der Waals surface area (Å²) in [5.41, 5.74) is 5.11. The number of halogens is 1. The normalized spacial score (nSPS) is 18.6. The Kier molecular flexibility index (Phi) is 6.33. The SMILES string of the molecule is COc1cc(F)cc2c1CCN(c1ccnc(CNC(=O)c3ccc4c(c3)[C@](C)(C#N)COC4)c1)C2. The molecule has 0 unspecified atom stereocenters. The molecule has 0 saturated carbocycles. The summed E-state index contributed by atoms with van der Waals surface area (Å²) in [7, 11) is 1.56. The van der Waals surface area contributed by atoms with Crippen LogP contribution in [-0.4, -0.2) is 31.2 Å². The summed E-state index contributed by atoms with van der Waals surface area (Å²) in [6.45, 7) is 4.15. The zero-order valence-corrected chi connectivity index (χ0v) is 20.3. The highest BCUT2D eigenvalue weighted by Crippen LogP contribution is 2.33. The molecule has 5 rings (SSSR count). The van der Waals surface area contributed by atoms with E-state index in [0.717, 1.165) is 46.6 Å². The number of nitrogens with zero attached hydrogens (tertiary/aromatic N) is 3. The van der Waals surface area contributed by atoms with Crippen molar-refractivity contribution in [3.63, 3.8) is 0 Å². The summed E-state index contributed by atoms with van der Waals surface area (Å²) in [6.07, 6.45) is 2.47. The van der Waals surface area contributed by atoms with E-state index in [1.807, 2.05) is 25.1 Å². The van der Waals surface area contributed by atoms with Crippen molar-refractivity contribution in [2.75, 3.05) is 25.2 Å². The molecule has 36 heavy (non-hydrogen) atoms. The van der Waals surface area contributed by atoms with Crippen molar-refractivity contribution in [2.45, 2.75) is 38.5 Å². The molecule has 1 amide bonds. The number of carbonyl (C=O) groups is 1. The van der Waals surface area contributed by atoms with E-state index in [2.05, 4.69) is 21.3 Å². The molecule has 1 atom stereocenters. The van der Waals surface area contributed by atoms with Gasteiger partial charge in [0.1, 0.15) is 17.0 Å². The molecule has 7 nitrogen and oxygen atoms in total. The maximum absolute atomic E-state index is 14.0.